The molecule has 3 aliphatic carbocycles. The average Bonchev–Trinajstić information content (AvgIpc) is 3.13. The van der Waals surface area contributed by atoms with Gasteiger partial charge in [0.2, 0.25) is 11.2 Å². The van der Waals surface area contributed by atoms with Crippen LogP contribution in [0.5, 0.6) is 5.88 Å². The molecule has 8 heteroatoms. The van der Waals surface area contributed by atoms with Crippen LogP contribution in [0.1, 0.15) is 36.2 Å². The third-order valence-corrected chi connectivity index (χ3v) is 7.43. The SMILES string of the molecule is COc1cc([C@@]23CC4[C@@H](c5cc(-c6c(F)cccc6F)nnc52)C43C)nc(Cl)n1. The number of fused-ring (bicyclic) bond motifs is 4. The molecule has 1 aromatic carbocycles. The Hall–Kier alpha value is -2.67. The van der Waals surface area contributed by atoms with Crippen molar-refractivity contribution in [3.63, 3.8) is 0 Å². The van der Waals surface area contributed by atoms with Crippen LogP contribution in [-0.4, -0.2) is 27.3 Å². The maximum Gasteiger partial charge on any atom is 0.225 e. The molecule has 0 aliphatic heterocycles. The lowest BCUT2D eigenvalue weighted by molar-refractivity contribution is 0.158. The molecule has 2 saturated carbocycles. The molecule has 2 heterocycles. The first-order valence-corrected chi connectivity index (χ1v) is 9.71. The fourth-order valence-corrected chi connectivity index (χ4v) is 6.06. The molecule has 5 nitrogen and oxygen atoms in total. The van der Waals surface area contributed by atoms with Gasteiger partial charge < -0.3 is 4.74 Å². The third-order valence-electron chi connectivity index (χ3n) is 7.26. The van der Waals surface area contributed by atoms with Crippen LogP contribution >= 0.6 is 11.6 Å². The zero-order valence-electron chi connectivity index (χ0n) is 15.6. The van der Waals surface area contributed by atoms with Gasteiger partial charge in [-0.1, -0.05) is 13.0 Å². The largest absolute Gasteiger partial charge is 0.481 e. The van der Waals surface area contributed by atoms with E-state index >= 15 is 0 Å². The fourth-order valence-electron chi connectivity index (χ4n) is 5.89. The Kier molecular flexibility index (Phi) is 3.13. The first-order chi connectivity index (χ1) is 13.9. The maximum atomic E-state index is 14.3. The Balaban J connectivity index is 1.54. The van der Waals surface area contributed by atoms with Gasteiger partial charge in [-0.2, -0.15) is 10.1 Å². The first kappa shape index (κ1) is 17.2. The van der Waals surface area contributed by atoms with Crippen molar-refractivity contribution < 1.29 is 13.5 Å². The molecule has 0 amide bonds. The summed E-state index contributed by atoms with van der Waals surface area (Å²) < 4.78 is 33.8. The fraction of sp³-hybridized carbons (Fsp3) is 0.333. The van der Waals surface area contributed by atoms with Gasteiger partial charge >= 0.3 is 0 Å². The monoisotopic (exact) mass is 412 g/mol. The van der Waals surface area contributed by atoms with Crippen molar-refractivity contribution in [3.8, 4) is 17.1 Å². The second kappa shape index (κ2) is 5.27. The summed E-state index contributed by atoms with van der Waals surface area (Å²) in [5.74, 6) is -0.158. The Morgan fingerprint density at radius 2 is 1.90 bits per heavy atom. The summed E-state index contributed by atoms with van der Waals surface area (Å²) >= 11 is 6.14. The molecule has 0 N–H and O–H groups in total. The Labute approximate surface area is 170 Å². The molecule has 0 bridgehead atoms. The second-order valence-corrected chi connectivity index (χ2v) is 8.51. The lowest BCUT2D eigenvalue weighted by Gasteiger charge is -2.46. The second-order valence-electron chi connectivity index (χ2n) is 8.17. The number of hydrogen-bond acceptors (Lipinski definition) is 5. The van der Waals surface area contributed by atoms with E-state index in [1.165, 1.54) is 25.3 Å². The van der Waals surface area contributed by atoms with Crippen LogP contribution in [0.3, 0.4) is 0 Å². The molecule has 29 heavy (non-hydrogen) atoms. The number of nitrogens with zero attached hydrogens (tertiary/aromatic N) is 4. The van der Waals surface area contributed by atoms with E-state index in [1.807, 2.05) is 0 Å². The normalized spacial score (nSPS) is 30.4. The van der Waals surface area contributed by atoms with Crippen molar-refractivity contribution in [2.24, 2.45) is 11.3 Å². The van der Waals surface area contributed by atoms with Gasteiger partial charge in [0, 0.05) is 6.07 Å². The number of halogens is 3. The number of benzene rings is 1. The van der Waals surface area contributed by atoms with Crippen molar-refractivity contribution in [3.05, 3.63) is 64.2 Å². The van der Waals surface area contributed by atoms with Gasteiger partial charge in [0.05, 0.1) is 35.2 Å². The number of ether oxygens (including phenoxy) is 1. The molecule has 2 aromatic heterocycles. The minimum absolute atomic E-state index is 0.0564. The Morgan fingerprint density at radius 3 is 2.62 bits per heavy atom. The predicted molar refractivity (Wildman–Crippen MR) is 101 cm³/mol. The lowest BCUT2D eigenvalue weighted by Crippen LogP contribution is -2.46. The van der Waals surface area contributed by atoms with Crippen molar-refractivity contribution in [1.29, 1.82) is 0 Å². The van der Waals surface area contributed by atoms with Gasteiger partial charge in [-0.3, -0.25) is 0 Å². The predicted octanol–water partition coefficient (Wildman–Crippen LogP) is 4.30. The highest BCUT2D eigenvalue weighted by molar-refractivity contribution is 6.28. The van der Waals surface area contributed by atoms with Crippen LogP contribution in [0, 0.1) is 23.0 Å². The van der Waals surface area contributed by atoms with Crippen molar-refractivity contribution in [2.45, 2.75) is 24.7 Å². The van der Waals surface area contributed by atoms with Crippen LogP contribution in [0.25, 0.3) is 11.3 Å². The van der Waals surface area contributed by atoms with E-state index in [-0.39, 0.29) is 27.9 Å². The topological polar surface area (TPSA) is 60.8 Å². The van der Waals surface area contributed by atoms with Gasteiger partial charge in [0.1, 0.15) is 11.6 Å². The summed E-state index contributed by atoms with van der Waals surface area (Å²) in [5.41, 5.74) is 2.13. The summed E-state index contributed by atoms with van der Waals surface area (Å²) in [7, 11) is 1.53. The first-order valence-electron chi connectivity index (χ1n) is 9.33. The maximum absolute atomic E-state index is 14.3. The zero-order chi connectivity index (χ0) is 20.1. The van der Waals surface area contributed by atoms with E-state index < -0.39 is 17.0 Å². The van der Waals surface area contributed by atoms with Gasteiger partial charge in [-0.15, -0.1) is 5.10 Å². The van der Waals surface area contributed by atoms with Gasteiger partial charge in [-0.25, -0.2) is 13.8 Å². The molecular formula is C21H15ClF2N4O. The van der Waals surface area contributed by atoms with Crippen LogP contribution in [0.15, 0.2) is 30.3 Å². The molecule has 3 aliphatic rings. The zero-order valence-corrected chi connectivity index (χ0v) is 16.3. The summed E-state index contributed by atoms with van der Waals surface area (Å²) in [6.45, 7) is 2.21. The van der Waals surface area contributed by atoms with Gasteiger partial charge in [0.15, 0.2) is 0 Å². The van der Waals surface area contributed by atoms with E-state index in [0.29, 0.717) is 11.8 Å². The smallest absolute Gasteiger partial charge is 0.225 e. The molecular weight excluding hydrogens is 398 g/mol. The highest BCUT2D eigenvalue weighted by atomic mass is 35.5. The third kappa shape index (κ3) is 1.85. The number of rotatable bonds is 3. The number of aromatic nitrogens is 4. The minimum Gasteiger partial charge on any atom is -0.481 e. The quantitative estimate of drug-likeness (QED) is 0.600. The lowest BCUT2D eigenvalue weighted by atomic mass is 9.57. The standard InChI is InChI=1S/C21H15ClF2N4O/c1-20-10-8-21(20,14-7-15(29-2)26-19(22)25-14)18-9(17(10)20)6-13(27-28-18)16-11(23)4-3-5-12(16)24/h3-7,10,17H,8H2,1-2H3/t10?,17-,20?,21+/m1/s1. The van der Waals surface area contributed by atoms with Gasteiger partial charge in [0.25, 0.3) is 0 Å². The van der Waals surface area contributed by atoms with Crippen molar-refractivity contribution >= 4 is 11.6 Å². The highest BCUT2D eigenvalue weighted by Crippen LogP contribution is 2.90. The molecule has 6 rings (SSSR count). The highest BCUT2D eigenvalue weighted by Gasteiger charge is 2.87. The summed E-state index contributed by atoms with van der Waals surface area (Å²) in [6, 6.07) is 7.37. The summed E-state index contributed by atoms with van der Waals surface area (Å²) in [4.78, 5) is 8.57. The van der Waals surface area contributed by atoms with Crippen LogP contribution < -0.4 is 4.74 Å². The van der Waals surface area contributed by atoms with Crippen LogP contribution in [0.2, 0.25) is 5.28 Å². The molecule has 2 fully saturated rings. The van der Waals surface area contributed by atoms with E-state index in [1.54, 1.807) is 12.1 Å². The molecule has 3 aromatic rings. The summed E-state index contributed by atoms with van der Waals surface area (Å²) in [5, 5.41) is 8.79. The number of hydrogen-bond donors (Lipinski definition) is 0. The van der Waals surface area contributed by atoms with Crippen LogP contribution in [-0.2, 0) is 5.41 Å². The van der Waals surface area contributed by atoms with E-state index in [2.05, 4.69) is 27.1 Å². The van der Waals surface area contributed by atoms with E-state index in [9.17, 15) is 8.78 Å². The average molecular weight is 413 g/mol. The van der Waals surface area contributed by atoms with Crippen LogP contribution in [0.4, 0.5) is 8.78 Å². The van der Waals surface area contributed by atoms with Gasteiger partial charge in [-0.05, 0) is 59.0 Å². The Bertz CT molecular complexity index is 1200. The summed E-state index contributed by atoms with van der Waals surface area (Å²) in [6.07, 6.45) is 0.889. The molecule has 146 valence electrons. The Morgan fingerprint density at radius 1 is 1.14 bits per heavy atom. The van der Waals surface area contributed by atoms with E-state index in [0.717, 1.165) is 23.4 Å². The molecule has 2 unspecified atom stereocenters. The minimum atomic E-state index is -0.650. The molecule has 0 saturated heterocycles. The van der Waals surface area contributed by atoms with Crippen molar-refractivity contribution in [2.75, 3.05) is 7.11 Å². The molecule has 0 radical (unpaired) electrons. The van der Waals surface area contributed by atoms with E-state index in [4.69, 9.17) is 16.3 Å². The molecule has 4 atom stereocenters. The van der Waals surface area contributed by atoms with Crippen molar-refractivity contribution in [1.82, 2.24) is 20.2 Å². The molecule has 0 spiro atoms. The number of methoxy groups -OCH3 is 1.